The van der Waals surface area contributed by atoms with E-state index in [0.717, 1.165) is 22.9 Å². The zero-order valence-electron chi connectivity index (χ0n) is 15.9. The van der Waals surface area contributed by atoms with Crippen LogP contribution in [0.4, 0.5) is 5.69 Å². The molecule has 0 saturated carbocycles. The maximum atomic E-state index is 12.2. The summed E-state index contributed by atoms with van der Waals surface area (Å²) in [5.41, 5.74) is 3.46. The van der Waals surface area contributed by atoms with Crippen molar-refractivity contribution in [3.63, 3.8) is 0 Å². The van der Waals surface area contributed by atoms with Gasteiger partial charge in [0.25, 0.3) is 5.91 Å². The molecule has 28 heavy (non-hydrogen) atoms. The Bertz CT molecular complexity index is 1000. The highest BCUT2D eigenvalue weighted by Gasteiger charge is 2.16. The van der Waals surface area contributed by atoms with Crippen LogP contribution < -0.4 is 5.32 Å². The lowest BCUT2D eigenvalue weighted by Crippen LogP contribution is -2.29. The van der Waals surface area contributed by atoms with Crippen LogP contribution in [0.1, 0.15) is 25.0 Å². The number of nitrogens with zero attached hydrogens (tertiary/aromatic N) is 1. The summed E-state index contributed by atoms with van der Waals surface area (Å²) in [5, 5.41) is 3.73. The number of benzene rings is 2. The molecule has 0 saturated heterocycles. The standard InChI is InChI=1S/C23H22N2O3/c1-3-17-9-12-20(13-10-17)25-23(27)16(2)28-21(26)14-11-19-7-4-6-18-8-5-15-24-22(18)19/h4-16H,3H2,1-2H3,(H,25,27)/b14-11+. The van der Waals surface area contributed by atoms with Crippen LogP contribution in [0.3, 0.4) is 0 Å². The SMILES string of the molecule is CCc1ccc(NC(=O)C(C)OC(=O)/C=C/c2cccc3cccnc23)cc1. The first-order chi connectivity index (χ1) is 13.6. The van der Waals surface area contributed by atoms with Gasteiger partial charge in [-0.3, -0.25) is 9.78 Å². The Hall–Kier alpha value is -3.47. The predicted octanol–water partition coefficient (Wildman–Crippen LogP) is 4.38. The van der Waals surface area contributed by atoms with E-state index in [9.17, 15) is 9.59 Å². The quantitative estimate of drug-likeness (QED) is 0.513. The fraction of sp³-hybridized carbons (Fsp3) is 0.174. The average molecular weight is 374 g/mol. The van der Waals surface area contributed by atoms with Crippen molar-refractivity contribution in [2.24, 2.45) is 0 Å². The van der Waals surface area contributed by atoms with Crippen molar-refractivity contribution < 1.29 is 14.3 Å². The second kappa shape index (κ2) is 8.95. The van der Waals surface area contributed by atoms with Crippen LogP contribution >= 0.6 is 0 Å². The number of aromatic nitrogens is 1. The van der Waals surface area contributed by atoms with Gasteiger partial charge >= 0.3 is 5.97 Å². The molecule has 1 heterocycles. The number of carbonyl (C=O) groups is 2. The summed E-state index contributed by atoms with van der Waals surface area (Å²) in [6, 6.07) is 17.1. The molecule has 3 aromatic rings. The van der Waals surface area contributed by atoms with Crippen LogP contribution in [-0.2, 0) is 20.7 Å². The number of esters is 1. The Morgan fingerprint density at radius 1 is 1.11 bits per heavy atom. The van der Waals surface area contributed by atoms with Crippen molar-refractivity contribution in [2.75, 3.05) is 5.32 Å². The molecule has 3 rings (SSSR count). The van der Waals surface area contributed by atoms with Gasteiger partial charge in [0.1, 0.15) is 0 Å². The summed E-state index contributed by atoms with van der Waals surface area (Å²) in [4.78, 5) is 28.7. The molecule has 2 aromatic carbocycles. The molecular formula is C23H22N2O3. The molecule has 1 amide bonds. The molecule has 0 aliphatic carbocycles. The van der Waals surface area contributed by atoms with Crippen molar-refractivity contribution in [3.05, 3.63) is 78.0 Å². The van der Waals surface area contributed by atoms with E-state index in [4.69, 9.17) is 4.74 Å². The molecule has 1 aromatic heterocycles. The minimum atomic E-state index is -0.909. The molecule has 142 valence electrons. The highest BCUT2D eigenvalue weighted by molar-refractivity contribution is 5.97. The lowest BCUT2D eigenvalue weighted by molar-refractivity contribution is -0.148. The van der Waals surface area contributed by atoms with Crippen LogP contribution in [0.5, 0.6) is 0 Å². The molecular weight excluding hydrogens is 352 g/mol. The van der Waals surface area contributed by atoms with E-state index in [1.165, 1.54) is 11.6 Å². The maximum Gasteiger partial charge on any atom is 0.331 e. The molecule has 5 heteroatoms. The van der Waals surface area contributed by atoms with E-state index in [0.29, 0.717) is 5.69 Å². The highest BCUT2D eigenvalue weighted by atomic mass is 16.5. The number of para-hydroxylation sites is 1. The number of anilines is 1. The fourth-order valence-electron chi connectivity index (χ4n) is 2.75. The highest BCUT2D eigenvalue weighted by Crippen LogP contribution is 2.17. The second-order valence-corrected chi connectivity index (χ2v) is 6.37. The lowest BCUT2D eigenvalue weighted by Gasteiger charge is -2.12. The molecule has 0 spiro atoms. The number of hydrogen-bond acceptors (Lipinski definition) is 4. The molecule has 0 fully saturated rings. The number of ether oxygens (including phenoxy) is 1. The van der Waals surface area contributed by atoms with Crippen LogP contribution in [0, 0.1) is 0 Å². The molecule has 0 radical (unpaired) electrons. The number of nitrogens with one attached hydrogen (secondary N) is 1. The summed E-state index contributed by atoms with van der Waals surface area (Å²) in [7, 11) is 0. The van der Waals surface area contributed by atoms with Gasteiger partial charge in [-0.05, 0) is 43.2 Å². The van der Waals surface area contributed by atoms with E-state index in [1.807, 2.05) is 54.6 Å². The normalized spacial score (nSPS) is 12.1. The number of hydrogen-bond donors (Lipinski definition) is 1. The number of amides is 1. The Labute approximate surface area is 164 Å². The zero-order chi connectivity index (χ0) is 19.9. The summed E-state index contributed by atoms with van der Waals surface area (Å²) in [6.07, 6.45) is 4.68. The molecule has 1 N–H and O–H groups in total. The van der Waals surface area contributed by atoms with Gasteiger partial charge in [-0.25, -0.2) is 4.79 Å². The molecule has 5 nitrogen and oxygen atoms in total. The predicted molar refractivity (Wildman–Crippen MR) is 111 cm³/mol. The third-order valence-corrected chi connectivity index (χ3v) is 4.35. The van der Waals surface area contributed by atoms with Crippen molar-refractivity contribution >= 4 is 34.5 Å². The topological polar surface area (TPSA) is 68.3 Å². The third kappa shape index (κ3) is 4.82. The maximum absolute atomic E-state index is 12.2. The fourth-order valence-corrected chi connectivity index (χ4v) is 2.75. The van der Waals surface area contributed by atoms with Crippen molar-refractivity contribution in [1.82, 2.24) is 4.98 Å². The van der Waals surface area contributed by atoms with Crippen LogP contribution in [0.15, 0.2) is 66.9 Å². The van der Waals surface area contributed by atoms with Crippen molar-refractivity contribution in [2.45, 2.75) is 26.4 Å². The van der Waals surface area contributed by atoms with E-state index in [2.05, 4.69) is 17.2 Å². The minimum Gasteiger partial charge on any atom is -0.449 e. The van der Waals surface area contributed by atoms with Gasteiger partial charge in [-0.2, -0.15) is 0 Å². The summed E-state index contributed by atoms with van der Waals surface area (Å²) in [5.74, 6) is -0.963. The van der Waals surface area contributed by atoms with Gasteiger partial charge in [0, 0.05) is 28.9 Å². The molecule has 0 bridgehead atoms. The van der Waals surface area contributed by atoms with Crippen molar-refractivity contribution in [3.8, 4) is 0 Å². The molecule has 0 aliphatic rings. The number of rotatable bonds is 6. The minimum absolute atomic E-state index is 0.377. The largest absolute Gasteiger partial charge is 0.449 e. The van der Waals surface area contributed by atoms with Gasteiger partial charge in [-0.1, -0.05) is 43.3 Å². The monoisotopic (exact) mass is 374 g/mol. The Balaban J connectivity index is 1.60. The zero-order valence-corrected chi connectivity index (χ0v) is 15.9. The summed E-state index contributed by atoms with van der Waals surface area (Å²) in [6.45, 7) is 3.61. The van der Waals surface area contributed by atoms with Crippen molar-refractivity contribution in [1.29, 1.82) is 0 Å². The summed E-state index contributed by atoms with van der Waals surface area (Å²) >= 11 is 0. The first-order valence-corrected chi connectivity index (χ1v) is 9.19. The first-order valence-electron chi connectivity index (χ1n) is 9.19. The van der Waals surface area contributed by atoms with Gasteiger partial charge in [0.15, 0.2) is 6.10 Å². The molecule has 1 unspecified atom stereocenters. The Kier molecular flexibility index (Phi) is 6.17. The van der Waals surface area contributed by atoms with Gasteiger partial charge in [-0.15, -0.1) is 0 Å². The smallest absolute Gasteiger partial charge is 0.331 e. The molecule has 1 atom stereocenters. The number of pyridine rings is 1. The Morgan fingerprint density at radius 2 is 1.86 bits per heavy atom. The van der Waals surface area contributed by atoms with Crippen LogP contribution in [0.25, 0.3) is 17.0 Å². The van der Waals surface area contributed by atoms with E-state index in [1.54, 1.807) is 19.2 Å². The first kappa shape index (κ1) is 19.3. The van der Waals surface area contributed by atoms with Gasteiger partial charge < -0.3 is 10.1 Å². The average Bonchev–Trinajstić information content (AvgIpc) is 2.72. The second-order valence-electron chi connectivity index (χ2n) is 6.37. The Morgan fingerprint density at radius 3 is 2.61 bits per heavy atom. The molecule has 0 aliphatic heterocycles. The lowest BCUT2D eigenvalue weighted by atomic mass is 10.1. The van der Waals surface area contributed by atoms with E-state index >= 15 is 0 Å². The van der Waals surface area contributed by atoms with Crippen LogP contribution in [-0.4, -0.2) is 23.0 Å². The van der Waals surface area contributed by atoms with E-state index < -0.39 is 12.1 Å². The number of fused-ring (bicyclic) bond motifs is 1. The third-order valence-electron chi connectivity index (χ3n) is 4.35. The number of carbonyl (C=O) groups excluding carboxylic acids is 2. The summed E-state index contributed by atoms with van der Waals surface area (Å²) < 4.78 is 5.20. The van der Waals surface area contributed by atoms with Gasteiger partial charge in [0.05, 0.1) is 5.52 Å². The van der Waals surface area contributed by atoms with E-state index in [-0.39, 0.29) is 5.91 Å². The number of aryl methyl sites for hydroxylation is 1. The van der Waals surface area contributed by atoms with Gasteiger partial charge in [0.2, 0.25) is 0 Å². The van der Waals surface area contributed by atoms with Crippen LogP contribution in [0.2, 0.25) is 0 Å².